The van der Waals surface area contributed by atoms with Gasteiger partial charge in [-0.25, -0.2) is 0 Å². The summed E-state index contributed by atoms with van der Waals surface area (Å²) in [4.78, 5) is 0. The van der Waals surface area contributed by atoms with Gasteiger partial charge in [0.25, 0.3) is 0 Å². The van der Waals surface area contributed by atoms with E-state index in [1.54, 1.807) is 0 Å². The summed E-state index contributed by atoms with van der Waals surface area (Å²) in [5, 5.41) is 0. The maximum Gasteiger partial charge on any atom is 0.0466 e. The lowest BCUT2D eigenvalue weighted by molar-refractivity contribution is 0.0968. The predicted octanol–water partition coefficient (Wildman–Crippen LogP) is 2.23. The highest BCUT2D eigenvalue weighted by molar-refractivity contribution is 4.45. The van der Waals surface area contributed by atoms with Gasteiger partial charge in [0.05, 0.1) is 0 Å². The van der Waals surface area contributed by atoms with E-state index in [0.717, 1.165) is 26.4 Å². The van der Waals surface area contributed by atoms with Gasteiger partial charge >= 0.3 is 0 Å². The van der Waals surface area contributed by atoms with Crippen LogP contribution < -0.4 is 0 Å². The molecule has 0 aromatic rings. The summed E-state index contributed by atoms with van der Waals surface area (Å²) >= 11 is 0. The van der Waals surface area contributed by atoms with E-state index < -0.39 is 0 Å². The highest BCUT2D eigenvalue weighted by Crippen LogP contribution is 2.02. The first-order valence-electron chi connectivity index (χ1n) is 4.57. The molecule has 68 valence electrons. The summed E-state index contributed by atoms with van der Waals surface area (Å²) in [5.41, 5.74) is 0. The van der Waals surface area contributed by atoms with Gasteiger partial charge < -0.3 is 9.47 Å². The molecule has 0 radical (unpaired) electrons. The molecule has 1 saturated heterocycles. The van der Waals surface area contributed by atoms with Crippen LogP contribution in [0.3, 0.4) is 0 Å². The lowest BCUT2D eigenvalue weighted by atomic mass is 10.2. The Labute approximate surface area is 69.9 Å². The smallest absolute Gasteiger partial charge is 0.0466 e. The van der Waals surface area contributed by atoms with Crippen LogP contribution in [0.4, 0.5) is 0 Å². The average molecular weight is 160 g/mol. The van der Waals surface area contributed by atoms with Gasteiger partial charge in [-0.1, -0.05) is 0 Å². The minimum Gasteiger partial charge on any atom is -0.382 e. The van der Waals surface area contributed by atoms with Crippen molar-refractivity contribution in [2.24, 2.45) is 0 Å². The Morgan fingerprint density at radius 3 is 1.64 bits per heavy atom. The summed E-state index contributed by atoms with van der Waals surface area (Å²) in [7, 11) is 0. The van der Waals surface area contributed by atoms with Crippen LogP contribution in [0.5, 0.6) is 0 Å². The van der Waals surface area contributed by atoms with Crippen LogP contribution in [0, 0.1) is 0 Å². The zero-order valence-electron chi connectivity index (χ0n) is 7.77. The number of ether oxygens (including phenoxy) is 2. The van der Waals surface area contributed by atoms with Crippen molar-refractivity contribution in [2.45, 2.75) is 33.1 Å². The summed E-state index contributed by atoms with van der Waals surface area (Å²) in [5.74, 6) is 0. The fourth-order valence-corrected chi connectivity index (χ4v) is 0.891. The first-order valence-corrected chi connectivity index (χ1v) is 4.57. The summed E-state index contributed by atoms with van der Waals surface area (Å²) < 4.78 is 9.90. The van der Waals surface area contributed by atoms with Gasteiger partial charge in [-0.15, -0.1) is 0 Å². The van der Waals surface area contributed by atoms with Gasteiger partial charge in [0.1, 0.15) is 0 Å². The topological polar surface area (TPSA) is 18.5 Å². The van der Waals surface area contributed by atoms with E-state index in [9.17, 15) is 0 Å². The number of rotatable bonds is 2. The Kier molecular flexibility index (Phi) is 9.85. The molecule has 2 heteroatoms. The highest BCUT2D eigenvalue weighted by atomic mass is 16.5. The van der Waals surface area contributed by atoms with E-state index in [4.69, 9.17) is 9.47 Å². The van der Waals surface area contributed by atoms with Gasteiger partial charge in [0.2, 0.25) is 0 Å². The van der Waals surface area contributed by atoms with Crippen molar-refractivity contribution in [2.75, 3.05) is 26.4 Å². The summed E-state index contributed by atoms with van der Waals surface area (Å²) in [6.07, 6.45) is 3.93. The first-order chi connectivity index (χ1) is 5.41. The molecule has 0 amide bonds. The van der Waals surface area contributed by atoms with Crippen LogP contribution in [-0.4, -0.2) is 26.4 Å². The summed E-state index contributed by atoms with van der Waals surface area (Å²) in [6, 6.07) is 0. The van der Waals surface area contributed by atoms with Crippen molar-refractivity contribution in [1.82, 2.24) is 0 Å². The molecule has 1 fully saturated rings. The quantitative estimate of drug-likeness (QED) is 0.616. The molecule has 1 aliphatic heterocycles. The molecule has 0 bridgehead atoms. The van der Waals surface area contributed by atoms with Crippen LogP contribution in [-0.2, 0) is 9.47 Å². The fraction of sp³-hybridized carbons (Fsp3) is 1.00. The van der Waals surface area contributed by atoms with E-state index in [2.05, 4.69) is 0 Å². The molecule has 2 nitrogen and oxygen atoms in total. The Bertz CT molecular complexity index is 47.1. The van der Waals surface area contributed by atoms with Crippen LogP contribution in [0.1, 0.15) is 33.1 Å². The van der Waals surface area contributed by atoms with Crippen molar-refractivity contribution >= 4 is 0 Å². The predicted molar refractivity (Wildman–Crippen MR) is 46.8 cm³/mol. The van der Waals surface area contributed by atoms with Crippen LogP contribution in [0.25, 0.3) is 0 Å². The van der Waals surface area contributed by atoms with Crippen molar-refractivity contribution in [3.8, 4) is 0 Å². The zero-order chi connectivity index (χ0) is 8.36. The molecule has 1 rings (SSSR count). The largest absolute Gasteiger partial charge is 0.382 e. The van der Waals surface area contributed by atoms with Crippen LogP contribution in [0.2, 0.25) is 0 Å². The number of hydrogen-bond donors (Lipinski definition) is 0. The molecule has 0 unspecified atom stereocenters. The molecule has 0 aromatic carbocycles. The van der Waals surface area contributed by atoms with Crippen molar-refractivity contribution in [1.29, 1.82) is 0 Å². The van der Waals surface area contributed by atoms with E-state index in [1.165, 1.54) is 19.3 Å². The van der Waals surface area contributed by atoms with Gasteiger partial charge in [0, 0.05) is 26.4 Å². The third-order valence-corrected chi connectivity index (χ3v) is 1.49. The minimum atomic E-state index is 0.844. The van der Waals surface area contributed by atoms with E-state index in [0.29, 0.717) is 0 Å². The highest BCUT2D eigenvalue weighted by Gasteiger charge is 1.94. The third-order valence-electron chi connectivity index (χ3n) is 1.49. The second-order valence-electron chi connectivity index (χ2n) is 2.45. The Hall–Kier alpha value is -0.0800. The van der Waals surface area contributed by atoms with Crippen LogP contribution in [0.15, 0.2) is 0 Å². The molecule has 1 heterocycles. The lowest BCUT2D eigenvalue weighted by Gasteiger charge is -2.08. The SMILES string of the molecule is C1CCOCC1.CCOCC. The standard InChI is InChI=1S/C5H10O.C4H10O/c1-2-4-6-5-3-1;1-3-5-4-2/h1-5H2;3-4H2,1-2H3. The first kappa shape index (κ1) is 10.9. The van der Waals surface area contributed by atoms with E-state index in [-0.39, 0.29) is 0 Å². The molecule has 1 aliphatic rings. The fourth-order valence-electron chi connectivity index (χ4n) is 0.891. The van der Waals surface area contributed by atoms with Crippen molar-refractivity contribution in [3.05, 3.63) is 0 Å². The second kappa shape index (κ2) is 9.92. The third kappa shape index (κ3) is 9.92. The molecular weight excluding hydrogens is 140 g/mol. The maximum atomic E-state index is 5.07. The number of hydrogen-bond acceptors (Lipinski definition) is 2. The summed E-state index contributed by atoms with van der Waals surface area (Å²) in [6.45, 7) is 7.67. The zero-order valence-corrected chi connectivity index (χ0v) is 7.77. The Morgan fingerprint density at radius 2 is 1.55 bits per heavy atom. The lowest BCUT2D eigenvalue weighted by Crippen LogP contribution is -2.03. The van der Waals surface area contributed by atoms with Gasteiger partial charge in [0.15, 0.2) is 0 Å². The molecule has 0 spiro atoms. The van der Waals surface area contributed by atoms with Crippen molar-refractivity contribution < 1.29 is 9.47 Å². The van der Waals surface area contributed by atoms with E-state index in [1.807, 2.05) is 13.8 Å². The molecule has 11 heavy (non-hydrogen) atoms. The van der Waals surface area contributed by atoms with E-state index >= 15 is 0 Å². The second-order valence-corrected chi connectivity index (χ2v) is 2.45. The van der Waals surface area contributed by atoms with Gasteiger partial charge in [-0.2, -0.15) is 0 Å². The minimum absolute atomic E-state index is 0.844. The maximum absolute atomic E-state index is 5.07. The normalized spacial score (nSPS) is 16.9. The monoisotopic (exact) mass is 160 g/mol. The molecule has 0 aliphatic carbocycles. The molecular formula is C9H20O2. The van der Waals surface area contributed by atoms with Crippen LogP contribution >= 0.6 is 0 Å². The van der Waals surface area contributed by atoms with Crippen molar-refractivity contribution in [3.63, 3.8) is 0 Å². The Morgan fingerprint density at radius 1 is 1.00 bits per heavy atom. The Balaban J connectivity index is 0.000000187. The molecule has 0 atom stereocenters. The molecule has 0 N–H and O–H groups in total. The van der Waals surface area contributed by atoms with Gasteiger partial charge in [-0.3, -0.25) is 0 Å². The van der Waals surface area contributed by atoms with Gasteiger partial charge in [-0.05, 0) is 33.1 Å². The molecule has 0 aromatic heterocycles. The molecule has 0 saturated carbocycles. The average Bonchev–Trinajstić information content (AvgIpc) is 2.10.